The van der Waals surface area contributed by atoms with Crippen LogP contribution in [0.15, 0.2) is 47.4 Å². The molecule has 2 rings (SSSR count). The van der Waals surface area contributed by atoms with Crippen LogP contribution in [-0.2, 0) is 4.79 Å². The van der Waals surface area contributed by atoms with Gasteiger partial charge in [0.1, 0.15) is 5.54 Å². The number of carboxylic acids is 1. The van der Waals surface area contributed by atoms with E-state index in [1.165, 1.54) is 10.8 Å². The molecule has 0 bridgehead atoms. The first-order valence-electron chi connectivity index (χ1n) is 7.15. The van der Waals surface area contributed by atoms with E-state index in [4.69, 9.17) is 0 Å². The maximum Gasteiger partial charge on any atom is 0.324 e. The van der Waals surface area contributed by atoms with Crippen LogP contribution in [0.25, 0.3) is 10.8 Å². The van der Waals surface area contributed by atoms with Gasteiger partial charge < -0.3 is 10.4 Å². The zero-order chi connectivity index (χ0) is 15.3. The summed E-state index contributed by atoms with van der Waals surface area (Å²) in [5.41, 5.74) is -0.897. The topological polar surface area (TPSA) is 49.3 Å². The minimum Gasteiger partial charge on any atom is -0.480 e. The van der Waals surface area contributed by atoms with E-state index < -0.39 is 11.5 Å². The van der Waals surface area contributed by atoms with Crippen molar-refractivity contribution in [3.63, 3.8) is 0 Å². The number of thioether (sulfide) groups is 1. The average Bonchev–Trinajstić information content (AvgIpc) is 2.50. The SMILES string of the molecule is CCCNC(C)(CSc1ccc2ccccc2c1)C(=O)O. The van der Waals surface area contributed by atoms with Gasteiger partial charge in [-0.1, -0.05) is 37.3 Å². The molecule has 1 unspecified atom stereocenters. The summed E-state index contributed by atoms with van der Waals surface area (Å²) in [6.45, 7) is 4.49. The molecule has 0 aliphatic heterocycles. The average molecular weight is 303 g/mol. The number of hydrogen-bond acceptors (Lipinski definition) is 3. The Labute approximate surface area is 129 Å². The Hall–Kier alpha value is -1.52. The molecule has 0 saturated carbocycles. The van der Waals surface area contributed by atoms with Crippen molar-refractivity contribution in [1.82, 2.24) is 5.32 Å². The van der Waals surface area contributed by atoms with Crippen LogP contribution in [0.2, 0.25) is 0 Å². The molecule has 2 aromatic rings. The highest BCUT2D eigenvalue weighted by atomic mass is 32.2. The number of benzene rings is 2. The zero-order valence-corrected chi connectivity index (χ0v) is 13.2. The molecule has 1 atom stereocenters. The number of nitrogens with one attached hydrogen (secondary N) is 1. The van der Waals surface area contributed by atoms with Gasteiger partial charge in [0, 0.05) is 10.6 Å². The second-order valence-corrected chi connectivity index (χ2v) is 6.41. The van der Waals surface area contributed by atoms with Gasteiger partial charge in [-0.15, -0.1) is 11.8 Å². The van der Waals surface area contributed by atoms with E-state index in [1.54, 1.807) is 18.7 Å². The number of aliphatic carboxylic acids is 1. The largest absolute Gasteiger partial charge is 0.480 e. The van der Waals surface area contributed by atoms with Gasteiger partial charge in [0.15, 0.2) is 0 Å². The normalized spacial score (nSPS) is 14.0. The van der Waals surface area contributed by atoms with Crippen molar-refractivity contribution in [2.24, 2.45) is 0 Å². The van der Waals surface area contributed by atoms with Gasteiger partial charge in [-0.2, -0.15) is 0 Å². The molecule has 0 amide bonds. The van der Waals surface area contributed by atoms with Gasteiger partial charge >= 0.3 is 5.97 Å². The first kappa shape index (κ1) is 15.9. The third-order valence-corrected chi connectivity index (χ3v) is 4.79. The minimum atomic E-state index is -0.897. The summed E-state index contributed by atoms with van der Waals surface area (Å²) in [5.74, 6) is -0.301. The molecule has 21 heavy (non-hydrogen) atoms. The third kappa shape index (κ3) is 3.99. The van der Waals surface area contributed by atoms with Crippen molar-refractivity contribution in [2.45, 2.75) is 30.7 Å². The van der Waals surface area contributed by atoms with Gasteiger partial charge in [-0.3, -0.25) is 4.79 Å². The first-order valence-corrected chi connectivity index (χ1v) is 8.14. The second kappa shape index (κ2) is 6.96. The van der Waals surface area contributed by atoms with Crippen LogP contribution < -0.4 is 5.32 Å². The number of fused-ring (bicyclic) bond motifs is 1. The fourth-order valence-corrected chi connectivity index (χ4v) is 3.13. The molecule has 3 nitrogen and oxygen atoms in total. The van der Waals surface area contributed by atoms with Crippen molar-refractivity contribution in [3.05, 3.63) is 42.5 Å². The van der Waals surface area contributed by atoms with E-state index >= 15 is 0 Å². The monoisotopic (exact) mass is 303 g/mol. The standard InChI is InChI=1S/C17H21NO2S/c1-3-10-18-17(2,16(19)20)12-21-15-9-8-13-6-4-5-7-14(13)11-15/h4-9,11,18H,3,10,12H2,1-2H3,(H,19,20). The molecule has 0 heterocycles. The maximum atomic E-state index is 11.5. The summed E-state index contributed by atoms with van der Waals surface area (Å²) >= 11 is 1.58. The molecule has 0 radical (unpaired) electrons. The Morgan fingerprint density at radius 2 is 1.95 bits per heavy atom. The van der Waals surface area contributed by atoms with Crippen LogP contribution in [0.1, 0.15) is 20.3 Å². The molecule has 0 saturated heterocycles. The fraction of sp³-hybridized carbons (Fsp3) is 0.353. The molecular weight excluding hydrogens is 282 g/mol. The molecule has 0 spiro atoms. The minimum absolute atomic E-state index is 0.501. The number of rotatable bonds is 7. The Kier molecular flexibility index (Phi) is 5.26. The van der Waals surface area contributed by atoms with Crippen LogP contribution >= 0.6 is 11.8 Å². The molecule has 112 valence electrons. The lowest BCUT2D eigenvalue weighted by molar-refractivity contribution is -0.143. The van der Waals surface area contributed by atoms with E-state index in [9.17, 15) is 9.90 Å². The Balaban J connectivity index is 2.10. The van der Waals surface area contributed by atoms with E-state index in [0.29, 0.717) is 12.3 Å². The molecule has 0 aliphatic rings. The van der Waals surface area contributed by atoms with Crippen LogP contribution in [0, 0.1) is 0 Å². The van der Waals surface area contributed by atoms with E-state index in [0.717, 1.165) is 11.3 Å². The molecule has 0 aromatic heterocycles. The molecule has 2 aromatic carbocycles. The van der Waals surface area contributed by atoms with Gasteiger partial charge in [-0.25, -0.2) is 0 Å². The Morgan fingerprint density at radius 1 is 1.24 bits per heavy atom. The van der Waals surface area contributed by atoms with E-state index in [-0.39, 0.29) is 0 Å². The lowest BCUT2D eigenvalue weighted by Gasteiger charge is -2.25. The Bertz CT molecular complexity index is 629. The lowest BCUT2D eigenvalue weighted by atomic mass is 10.1. The number of hydrogen-bond donors (Lipinski definition) is 2. The Morgan fingerprint density at radius 3 is 2.62 bits per heavy atom. The smallest absolute Gasteiger partial charge is 0.324 e. The quantitative estimate of drug-likeness (QED) is 0.764. The molecule has 0 fully saturated rings. The molecule has 0 aliphatic carbocycles. The lowest BCUT2D eigenvalue weighted by Crippen LogP contribution is -2.51. The maximum absolute atomic E-state index is 11.5. The highest BCUT2D eigenvalue weighted by Crippen LogP contribution is 2.26. The van der Waals surface area contributed by atoms with Crippen molar-refractivity contribution in [2.75, 3.05) is 12.3 Å². The van der Waals surface area contributed by atoms with E-state index in [1.807, 2.05) is 19.1 Å². The van der Waals surface area contributed by atoms with Crippen LogP contribution in [0.4, 0.5) is 0 Å². The summed E-state index contributed by atoms with van der Waals surface area (Å²) in [7, 11) is 0. The van der Waals surface area contributed by atoms with Crippen molar-refractivity contribution in [3.8, 4) is 0 Å². The zero-order valence-electron chi connectivity index (χ0n) is 12.4. The summed E-state index contributed by atoms with van der Waals surface area (Å²) in [6, 6.07) is 14.4. The summed E-state index contributed by atoms with van der Waals surface area (Å²) in [4.78, 5) is 12.6. The number of carboxylic acid groups (broad SMARTS) is 1. The van der Waals surface area contributed by atoms with Crippen LogP contribution in [0.5, 0.6) is 0 Å². The van der Waals surface area contributed by atoms with Crippen LogP contribution in [0.3, 0.4) is 0 Å². The van der Waals surface area contributed by atoms with Gasteiger partial charge in [-0.05, 0) is 42.8 Å². The van der Waals surface area contributed by atoms with Crippen molar-refractivity contribution in [1.29, 1.82) is 0 Å². The third-order valence-electron chi connectivity index (χ3n) is 3.49. The highest BCUT2D eigenvalue weighted by Gasteiger charge is 2.32. The molecular formula is C17H21NO2S. The predicted molar refractivity (Wildman–Crippen MR) is 89.0 cm³/mol. The molecule has 2 N–H and O–H groups in total. The van der Waals surface area contributed by atoms with Gasteiger partial charge in [0.2, 0.25) is 0 Å². The molecule has 4 heteroatoms. The second-order valence-electron chi connectivity index (χ2n) is 5.36. The summed E-state index contributed by atoms with van der Waals surface area (Å²) in [6.07, 6.45) is 0.920. The highest BCUT2D eigenvalue weighted by molar-refractivity contribution is 7.99. The van der Waals surface area contributed by atoms with Gasteiger partial charge in [0.05, 0.1) is 0 Å². The van der Waals surface area contributed by atoms with Crippen LogP contribution in [-0.4, -0.2) is 28.9 Å². The van der Waals surface area contributed by atoms with Crippen molar-refractivity contribution < 1.29 is 9.90 Å². The summed E-state index contributed by atoms with van der Waals surface area (Å²) < 4.78 is 0. The van der Waals surface area contributed by atoms with Crippen molar-refractivity contribution >= 4 is 28.5 Å². The summed E-state index contributed by atoms with van der Waals surface area (Å²) in [5, 5.41) is 14.9. The number of carbonyl (C=O) groups is 1. The first-order chi connectivity index (χ1) is 10.0. The van der Waals surface area contributed by atoms with E-state index in [2.05, 4.69) is 35.6 Å². The van der Waals surface area contributed by atoms with Gasteiger partial charge in [0.25, 0.3) is 0 Å². The predicted octanol–water partition coefficient (Wildman–Crippen LogP) is 3.77. The fourth-order valence-electron chi connectivity index (χ4n) is 2.07.